The van der Waals surface area contributed by atoms with Gasteiger partial charge in [-0.3, -0.25) is 10.1 Å². The van der Waals surface area contributed by atoms with Crippen LogP contribution in [0.2, 0.25) is 5.02 Å². The zero-order valence-electron chi connectivity index (χ0n) is 15.9. The lowest BCUT2D eigenvalue weighted by Gasteiger charge is -2.13. The van der Waals surface area contributed by atoms with Crippen molar-refractivity contribution in [3.8, 4) is 5.75 Å². The van der Waals surface area contributed by atoms with Gasteiger partial charge in [0.1, 0.15) is 5.75 Å². The Morgan fingerprint density at radius 1 is 1.03 bits per heavy atom. The summed E-state index contributed by atoms with van der Waals surface area (Å²) in [6.45, 7) is 2.41. The van der Waals surface area contributed by atoms with Crippen LogP contribution in [-0.2, 0) is 6.42 Å². The van der Waals surface area contributed by atoms with Crippen molar-refractivity contribution in [3.63, 3.8) is 0 Å². The molecule has 0 heterocycles. The van der Waals surface area contributed by atoms with E-state index in [9.17, 15) is 4.79 Å². The molecule has 0 aromatic heterocycles. The maximum absolute atomic E-state index is 12.5. The van der Waals surface area contributed by atoms with Crippen molar-refractivity contribution in [2.75, 3.05) is 11.9 Å². The normalized spacial score (nSPS) is 10.3. The third-order valence-corrected chi connectivity index (χ3v) is 4.96. The van der Waals surface area contributed by atoms with Crippen LogP contribution in [0.25, 0.3) is 0 Å². The minimum absolute atomic E-state index is 0.204. The second kappa shape index (κ2) is 10.0. The molecule has 0 aliphatic heterocycles. The van der Waals surface area contributed by atoms with Crippen molar-refractivity contribution >= 4 is 40.5 Å². The van der Waals surface area contributed by atoms with Gasteiger partial charge in [-0.2, -0.15) is 0 Å². The van der Waals surface area contributed by atoms with Crippen molar-refractivity contribution in [1.82, 2.24) is 5.32 Å². The summed E-state index contributed by atoms with van der Waals surface area (Å²) in [6, 6.07) is 22.6. The van der Waals surface area contributed by atoms with Gasteiger partial charge in [-0.1, -0.05) is 54.1 Å². The molecule has 29 heavy (non-hydrogen) atoms. The Morgan fingerprint density at radius 3 is 2.59 bits per heavy atom. The van der Waals surface area contributed by atoms with Gasteiger partial charge in [-0.25, -0.2) is 0 Å². The van der Waals surface area contributed by atoms with Gasteiger partial charge in [0.15, 0.2) is 5.11 Å². The maximum Gasteiger partial charge on any atom is 0.257 e. The highest BCUT2D eigenvalue weighted by molar-refractivity contribution is 7.80. The highest BCUT2D eigenvalue weighted by Crippen LogP contribution is 2.22. The predicted octanol–water partition coefficient (Wildman–Crippen LogP) is 5.40. The van der Waals surface area contributed by atoms with E-state index in [2.05, 4.69) is 22.8 Å². The Kier molecular flexibility index (Phi) is 7.22. The Hall–Kier alpha value is -2.89. The average molecular weight is 425 g/mol. The highest BCUT2D eigenvalue weighted by Gasteiger charge is 2.10. The molecule has 4 nitrogen and oxygen atoms in total. The van der Waals surface area contributed by atoms with Gasteiger partial charge in [0.25, 0.3) is 5.91 Å². The summed E-state index contributed by atoms with van der Waals surface area (Å²) in [5.74, 6) is 0.328. The second-order valence-electron chi connectivity index (χ2n) is 6.43. The number of carbonyl (C=O) groups excluding carboxylic acids is 1. The fourth-order valence-corrected chi connectivity index (χ4v) is 3.11. The molecule has 0 aliphatic carbocycles. The predicted molar refractivity (Wildman–Crippen MR) is 122 cm³/mol. The Labute approximate surface area is 180 Å². The zero-order chi connectivity index (χ0) is 20.6. The molecular weight excluding hydrogens is 404 g/mol. The quantitative estimate of drug-likeness (QED) is 0.520. The number of rotatable bonds is 6. The molecule has 3 rings (SSSR count). The van der Waals surface area contributed by atoms with Crippen molar-refractivity contribution in [1.29, 1.82) is 0 Å². The summed E-state index contributed by atoms with van der Waals surface area (Å²) in [7, 11) is 0. The molecule has 6 heteroatoms. The van der Waals surface area contributed by atoms with Crippen molar-refractivity contribution in [2.24, 2.45) is 0 Å². The fraction of sp³-hybridized carbons (Fsp3) is 0.130. The van der Waals surface area contributed by atoms with E-state index in [0.717, 1.165) is 17.7 Å². The summed E-state index contributed by atoms with van der Waals surface area (Å²) in [4.78, 5) is 12.5. The van der Waals surface area contributed by atoms with Crippen LogP contribution in [0, 0.1) is 6.92 Å². The standard InChI is InChI=1S/C23H21ClN2O2S/c1-16-20(24)11-6-12-21(16)25-23(29)26-22(27)18-9-5-10-19(15-18)28-14-13-17-7-3-2-4-8-17/h2-12,15H,13-14H2,1H3,(H2,25,26,27,29). The minimum atomic E-state index is -0.310. The number of hydrogen-bond donors (Lipinski definition) is 2. The van der Waals surface area contributed by atoms with Gasteiger partial charge in [-0.05, 0) is 60.6 Å². The van der Waals surface area contributed by atoms with Crippen LogP contribution >= 0.6 is 23.8 Å². The molecule has 0 bridgehead atoms. The highest BCUT2D eigenvalue weighted by atomic mass is 35.5. The maximum atomic E-state index is 12.5. The summed E-state index contributed by atoms with van der Waals surface area (Å²) in [6.07, 6.45) is 0.796. The SMILES string of the molecule is Cc1c(Cl)cccc1NC(=S)NC(=O)c1cccc(OCCc2ccccc2)c1. The summed E-state index contributed by atoms with van der Waals surface area (Å²) in [5.41, 5.74) is 3.28. The van der Waals surface area contributed by atoms with Crippen LogP contribution in [0.15, 0.2) is 72.8 Å². The van der Waals surface area contributed by atoms with Crippen LogP contribution in [0.5, 0.6) is 5.75 Å². The van der Waals surface area contributed by atoms with E-state index in [4.69, 9.17) is 28.6 Å². The molecule has 0 saturated heterocycles. The van der Waals surface area contributed by atoms with Crippen LogP contribution in [0.3, 0.4) is 0 Å². The number of amides is 1. The van der Waals surface area contributed by atoms with E-state index in [-0.39, 0.29) is 11.0 Å². The van der Waals surface area contributed by atoms with Crippen molar-refractivity contribution < 1.29 is 9.53 Å². The lowest BCUT2D eigenvalue weighted by atomic mass is 10.2. The molecule has 3 aromatic rings. The van der Waals surface area contributed by atoms with E-state index in [1.165, 1.54) is 5.56 Å². The van der Waals surface area contributed by atoms with Gasteiger partial charge in [0.05, 0.1) is 6.61 Å². The molecule has 0 unspecified atom stereocenters. The topological polar surface area (TPSA) is 50.4 Å². The number of benzene rings is 3. The molecule has 3 aromatic carbocycles. The zero-order valence-corrected chi connectivity index (χ0v) is 17.5. The number of carbonyl (C=O) groups is 1. The van der Waals surface area contributed by atoms with Gasteiger partial charge in [-0.15, -0.1) is 0 Å². The average Bonchev–Trinajstić information content (AvgIpc) is 2.72. The van der Waals surface area contributed by atoms with Crippen LogP contribution < -0.4 is 15.4 Å². The molecule has 0 radical (unpaired) electrons. The van der Waals surface area contributed by atoms with Gasteiger partial charge >= 0.3 is 0 Å². The summed E-state index contributed by atoms with van der Waals surface area (Å²) in [5, 5.41) is 6.52. The number of hydrogen-bond acceptors (Lipinski definition) is 3. The van der Waals surface area contributed by atoms with E-state index < -0.39 is 0 Å². The Balaban J connectivity index is 1.55. The first kappa shape index (κ1) is 20.8. The first-order chi connectivity index (χ1) is 14.0. The first-order valence-electron chi connectivity index (χ1n) is 9.17. The molecule has 2 N–H and O–H groups in total. The molecule has 148 valence electrons. The van der Waals surface area contributed by atoms with Crippen LogP contribution in [-0.4, -0.2) is 17.6 Å². The van der Waals surface area contributed by atoms with Crippen LogP contribution in [0.1, 0.15) is 21.5 Å². The van der Waals surface area contributed by atoms with Gasteiger partial charge in [0, 0.05) is 22.7 Å². The number of halogens is 1. The minimum Gasteiger partial charge on any atom is -0.493 e. The van der Waals surface area contributed by atoms with Crippen molar-refractivity contribution in [2.45, 2.75) is 13.3 Å². The lowest BCUT2D eigenvalue weighted by Crippen LogP contribution is -2.34. The number of thiocarbonyl (C=S) groups is 1. The molecule has 0 atom stereocenters. The summed E-state index contributed by atoms with van der Waals surface area (Å²) >= 11 is 11.4. The molecule has 1 amide bonds. The fourth-order valence-electron chi connectivity index (χ4n) is 2.73. The van der Waals surface area contributed by atoms with Crippen molar-refractivity contribution in [3.05, 3.63) is 94.5 Å². The third kappa shape index (κ3) is 6.04. The Morgan fingerprint density at radius 2 is 1.79 bits per heavy atom. The largest absolute Gasteiger partial charge is 0.493 e. The van der Waals surface area contributed by atoms with Gasteiger partial charge < -0.3 is 10.1 Å². The van der Waals surface area contributed by atoms with E-state index in [0.29, 0.717) is 22.9 Å². The molecule has 0 spiro atoms. The molecule has 0 aliphatic rings. The monoisotopic (exact) mass is 424 g/mol. The smallest absolute Gasteiger partial charge is 0.257 e. The van der Waals surface area contributed by atoms with Gasteiger partial charge in [0.2, 0.25) is 0 Å². The number of anilines is 1. The third-order valence-electron chi connectivity index (χ3n) is 4.34. The molecular formula is C23H21ClN2O2S. The molecule has 0 saturated carbocycles. The van der Waals surface area contributed by atoms with Crippen LogP contribution in [0.4, 0.5) is 5.69 Å². The molecule has 0 fully saturated rings. The summed E-state index contributed by atoms with van der Waals surface area (Å²) < 4.78 is 5.79. The number of ether oxygens (including phenoxy) is 1. The number of nitrogens with one attached hydrogen (secondary N) is 2. The lowest BCUT2D eigenvalue weighted by molar-refractivity contribution is 0.0977. The van der Waals surface area contributed by atoms with E-state index in [1.54, 1.807) is 24.3 Å². The Bertz CT molecular complexity index is 1010. The van der Waals surface area contributed by atoms with E-state index >= 15 is 0 Å². The second-order valence-corrected chi connectivity index (χ2v) is 7.25. The first-order valence-corrected chi connectivity index (χ1v) is 9.96. The van der Waals surface area contributed by atoms with E-state index in [1.807, 2.05) is 43.3 Å².